The van der Waals surface area contributed by atoms with E-state index in [2.05, 4.69) is 24.0 Å². The number of amides is 1. The van der Waals surface area contributed by atoms with Crippen molar-refractivity contribution in [2.75, 3.05) is 4.90 Å². The van der Waals surface area contributed by atoms with E-state index in [9.17, 15) is 4.79 Å². The van der Waals surface area contributed by atoms with Crippen LogP contribution in [0.4, 0.5) is 10.8 Å². The number of thiazole rings is 1. The van der Waals surface area contributed by atoms with E-state index in [0.717, 1.165) is 22.3 Å². The van der Waals surface area contributed by atoms with Gasteiger partial charge < -0.3 is 0 Å². The van der Waals surface area contributed by atoms with Crippen molar-refractivity contribution in [2.24, 2.45) is 0 Å². The fourth-order valence-electron chi connectivity index (χ4n) is 2.49. The summed E-state index contributed by atoms with van der Waals surface area (Å²) in [7, 11) is 0. The maximum Gasteiger partial charge on any atom is 0.257 e. The quantitative estimate of drug-likeness (QED) is 0.440. The minimum atomic E-state index is -0.110. The highest BCUT2D eigenvalue weighted by molar-refractivity contribution is 7.22. The van der Waals surface area contributed by atoms with E-state index in [0.29, 0.717) is 5.13 Å². The predicted octanol–water partition coefficient (Wildman–Crippen LogP) is 5.66. The molecular formula is C21H20N2OS. The number of anilines is 2. The first-order valence-corrected chi connectivity index (χ1v) is 9.12. The molecule has 25 heavy (non-hydrogen) atoms. The molecule has 0 spiro atoms. The van der Waals surface area contributed by atoms with Gasteiger partial charge in [0.15, 0.2) is 5.13 Å². The maximum absolute atomic E-state index is 12.8. The van der Waals surface area contributed by atoms with Crippen LogP contribution in [0.15, 0.2) is 72.8 Å². The first kappa shape index (κ1) is 17.1. The van der Waals surface area contributed by atoms with Gasteiger partial charge in [-0.1, -0.05) is 60.8 Å². The van der Waals surface area contributed by atoms with Crippen molar-refractivity contribution < 1.29 is 4.79 Å². The minimum absolute atomic E-state index is 0.110. The van der Waals surface area contributed by atoms with Crippen LogP contribution in [0.3, 0.4) is 0 Å². The van der Waals surface area contributed by atoms with Gasteiger partial charge in [-0.3, -0.25) is 9.69 Å². The van der Waals surface area contributed by atoms with Crippen molar-refractivity contribution >= 4 is 38.3 Å². The standard InChI is InChI=1S/C21H20N2OS/c1-3-5-6-11-20(24)23(17-14-12-16(4-2)13-15-17)21-22-18-9-7-8-10-19(18)25-21/h3,5-15H,4H2,1-2H3/b5-3+,11-6+. The molecule has 1 aromatic heterocycles. The third-order valence-electron chi connectivity index (χ3n) is 3.84. The van der Waals surface area contributed by atoms with Gasteiger partial charge in [0.1, 0.15) is 0 Å². The number of aryl methyl sites for hydroxylation is 1. The number of para-hydroxylation sites is 1. The van der Waals surface area contributed by atoms with Gasteiger partial charge >= 0.3 is 0 Å². The molecule has 0 unspecified atom stereocenters. The van der Waals surface area contributed by atoms with E-state index in [-0.39, 0.29) is 5.91 Å². The molecule has 0 fully saturated rings. The van der Waals surface area contributed by atoms with E-state index in [1.807, 2.05) is 55.5 Å². The molecule has 126 valence electrons. The Hall–Kier alpha value is -2.72. The maximum atomic E-state index is 12.8. The second-order valence-corrected chi connectivity index (χ2v) is 6.55. The molecule has 3 rings (SSSR count). The molecule has 0 atom stereocenters. The molecule has 0 radical (unpaired) electrons. The summed E-state index contributed by atoms with van der Waals surface area (Å²) in [6, 6.07) is 16.0. The second kappa shape index (κ2) is 7.90. The normalized spacial score (nSPS) is 11.6. The summed E-state index contributed by atoms with van der Waals surface area (Å²) in [4.78, 5) is 19.1. The molecule has 0 saturated carbocycles. The summed E-state index contributed by atoms with van der Waals surface area (Å²) in [5.41, 5.74) is 2.97. The minimum Gasteiger partial charge on any atom is -0.269 e. The summed E-state index contributed by atoms with van der Waals surface area (Å²) in [5, 5.41) is 0.681. The molecule has 0 saturated heterocycles. The zero-order valence-electron chi connectivity index (χ0n) is 14.3. The highest BCUT2D eigenvalue weighted by Gasteiger charge is 2.19. The van der Waals surface area contributed by atoms with Crippen LogP contribution < -0.4 is 4.90 Å². The van der Waals surface area contributed by atoms with Crippen LogP contribution in [0.2, 0.25) is 0 Å². The molecule has 3 aromatic rings. The summed E-state index contributed by atoms with van der Waals surface area (Å²) < 4.78 is 1.07. The number of aromatic nitrogens is 1. The van der Waals surface area contributed by atoms with Crippen LogP contribution in [-0.2, 0) is 11.2 Å². The van der Waals surface area contributed by atoms with Gasteiger partial charge in [-0.25, -0.2) is 4.98 Å². The van der Waals surface area contributed by atoms with Crippen LogP contribution in [0.5, 0.6) is 0 Å². The van der Waals surface area contributed by atoms with Crippen LogP contribution in [0, 0.1) is 0 Å². The van der Waals surface area contributed by atoms with Crippen molar-refractivity contribution in [3.63, 3.8) is 0 Å². The van der Waals surface area contributed by atoms with Gasteiger partial charge in [-0.15, -0.1) is 0 Å². The van der Waals surface area contributed by atoms with Gasteiger partial charge in [-0.2, -0.15) is 0 Å². The van der Waals surface area contributed by atoms with Crippen LogP contribution in [0.1, 0.15) is 19.4 Å². The van der Waals surface area contributed by atoms with Crippen LogP contribution in [0.25, 0.3) is 10.2 Å². The Morgan fingerprint density at radius 1 is 1.12 bits per heavy atom. The van der Waals surface area contributed by atoms with Crippen LogP contribution in [-0.4, -0.2) is 10.9 Å². The summed E-state index contributed by atoms with van der Waals surface area (Å²) in [6.45, 7) is 4.04. The van der Waals surface area contributed by atoms with E-state index in [1.54, 1.807) is 17.1 Å². The summed E-state index contributed by atoms with van der Waals surface area (Å²) in [5.74, 6) is -0.110. The number of rotatable bonds is 5. The Kier molecular flexibility index (Phi) is 5.41. The number of hydrogen-bond donors (Lipinski definition) is 0. The van der Waals surface area contributed by atoms with Gasteiger partial charge in [0, 0.05) is 6.08 Å². The summed E-state index contributed by atoms with van der Waals surface area (Å²) in [6.07, 6.45) is 8.02. The molecule has 3 nitrogen and oxygen atoms in total. The number of hydrogen-bond acceptors (Lipinski definition) is 3. The third-order valence-corrected chi connectivity index (χ3v) is 4.86. The highest BCUT2D eigenvalue weighted by Crippen LogP contribution is 2.33. The lowest BCUT2D eigenvalue weighted by Gasteiger charge is -2.18. The predicted molar refractivity (Wildman–Crippen MR) is 107 cm³/mol. The molecule has 0 aliphatic carbocycles. The smallest absolute Gasteiger partial charge is 0.257 e. The number of allylic oxidation sites excluding steroid dienone is 3. The molecule has 0 aliphatic rings. The lowest BCUT2D eigenvalue weighted by atomic mass is 10.1. The van der Waals surface area contributed by atoms with E-state index >= 15 is 0 Å². The first-order chi connectivity index (χ1) is 12.2. The zero-order valence-corrected chi connectivity index (χ0v) is 15.2. The topological polar surface area (TPSA) is 33.2 Å². The highest BCUT2D eigenvalue weighted by atomic mass is 32.1. The number of carbonyl (C=O) groups is 1. The first-order valence-electron chi connectivity index (χ1n) is 8.31. The van der Waals surface area contributed by atoms with E-state index < -0.39 is 0 Å². The number of benzene rings is 2. The Labute approximate surface area is 151 Å². The lowest BCUT2D eigenvalue weighted by molar-refractivity contribution is -0.113. The monoisotopic (exact) mass is 348 g/mol. The Bertz CT molecular complexity index is 889. The van der Waals surface area contributed by atoms with Gasteiger partial charge in [0.05, 0.1) is 15.9 Å². The molecular weight excluding hydrogens is 328 g/mol. The molecule has 1 amide bonds. The molecule has 0 bridgehead atoms. The van der Waals surface area contributed by atoms with Crippen molar-refractivity contribution in [3.05, 3.63) is 78.4 Å². The molecule has 0 aliphatic heterocycles. The third kappa shape index (κ3) is 3.86. The molecule has 2 aromatic carbocycles. The fraction of sp³-hybridized carbons (Fsp3) is 0.143. The second-order valence-electron chi connectivity index (χ2n) is 5.54. The number of nitrogens with zero attached hydrogens (tertiary/aromatic N) is 2. The average molecular weight is 348 g/mol. The molecule has 4 heteroatoms. The van der Waals surface area contributed by atoms with Gasteiger partial charge in [0.25, 0.3) is 5.91 Å². The Balaban J connectivity index is 2.05. The van der Waals surface area contributed by atoms with E-state index in [1.165, 1.54) is 16.9 Å². The average Bonchev–Trinajstić information content (AvgIpc) is 3.06. The zero-order chi connectivity index (χ0) is 17.6. The van der Waals surface area contributed by atoms with Crippen molar-refractivity contribution in [1.29, 1.82) is 0 Å². The van der Waals surface area contributed by atoms with Crippen molar-refractivity contribution in [2.45, 2.75) is 20.3 Å². The van der Waals surface area contributed by atoms with Crippen molar-refractivity contribution in [3.8, 4) is 0 Å². The lowest BCUT2D eigenvalue weighted by Crippen LogP contribution is -2.23. The Morgan fingerprint density at radius 2 is 1.88 bits per heavy atom. The van der Waals surface area contributed by atoms with Gasteiger partial charge in [-0.05, 0) is 43.2 Å². The number of fused-ring (bicyclic) bond motifs is 1. The fourth-order valence-corrected chi connectivity index (χ4v) is 3.48. The molecule has 1 heterocycles. The largest absolute Gasteiger partial charge is 0.269 e. The van der Waals surface area contributed by atoms with Crippen LogP contribution >= 0.6 is 11.3 Å². The molecule has 0 N–H and O–H groups in total. The van der Waals surface area contributed by atoms with Crippen molar-refractivity contribution in [1.82, 2.24) is 4.98 Å². The van der Waals surface area contributed by atoms with E-state index in [4.69, 9.17) is 0 Å². The Morgan fingerprint density at radius 3 is 2.56 bits per heavy atom. The SMILES string of the molecule is C/C=C/C=C/C(=O)N(c1ccc(CC)cc1)c1nc2ccccc2s1. The van der Waals surface area contributed by atoms with Gasteiger partial charge in [0.2, 0.25) is 0 Å². The summed E-state index contributed by atoms with van der Waals surface area (Å²) >= 11 is 1.52. The number of carbonyl (C=O) groups excluding carboxylic acids is 1.